The first kappa shape index (κ1) is 23.2. The summed E-state index contributed by atoms with van der Waals surface area (Å²) in [5.74, 6) is 1.13. The predicted molar refractivity (Wildman–Crippen MR) is 131 cm³/mol. The number of rotatable bonds is 5. The highest BCUT2D eigenvalue weighted by atomic mass is 35.5. The number of hydrogen-bond acceptors (Lipinski definition) is 8. The molecule has 180 valence electrons. The molecule has 0 fully saturated rings. The van der Waals surface area contributed by atoms with Gasteiger partial charge in [0, 0.05) is 11.6 Å². The number of fused-ring (bicyclic) bond motifs is 2. The topological polar surface area (TPSA) is 88.4 Å². The Morgan fingerprint density at radius 1 is 1.29 bits per heavy atom. The second kappa shape index (κ2) is 9.24. The van der Waals surface area contributed by atoms with Crippen LogP contribution in [-0.2, 0) is 9.53 Å². The largest absolute Gasteiger partial charge is 0.496 e. The lowest BCUT2D eigenvalue weighted by Crippen LogP contribution is -2.40. The van der Waals surface area contributed by atoms with Gasteiger partial charge in [0.2, 0.25) is 6.79 Å². The molecule has 1 aromatic heterocycles. The molecule has 10 heteroatoms. The number of esters is 1. The second-order valence-corrected chi connectivity index (χ2v) is 9.19. The van der Waals surface area contributed by atoms with Gasteiger partial charge in [0.15, 0.2) is 16.3 Å². The first-order chi connectivity index (χ1) is 16.9. The molecule has 0 saturated carbocycles. The molecule has 0 N–H and O–H groups in total. The van der Waals surface area contributed by atoms with Gasteiger partial charge in [-0.15, -0.1) is 0 Å². The van der Waals surface area contributed by atoms with Gasteiger partial charge in [0.1, 0.15) is 11.8 Å². The van der Waals surface area contributed by atoms with E-state index in [9.17, 15) is 9.59 Å². The highest BCUT2D eigenvalue weighted by Gasteiger charge is 2.35. The number of benzene rings is 2. The van der Waals surface area contributed by atoms with Gasteiger partial charge in [-0.1, -0.05) is 41.1 Å². The number of allylic oxidation sites excluding steroid dienone is 1. The molecule has 5 rings (SSSR count). The Hall–Kier alpha value is -3.56. The van der Waals surface area contributed by atoms with E-state index in [0.717, 1.165) is 0 Å². The third-order valence-electron chi connectivity index (χ3n) is 5.73. The van der Waals surface area contributed by atoms with Gasteiger partial charge < -0.3 is 18.9 Å². The lowest BCUT2D eigenvalue weighted by Gasteiger charge is -2.25. The van der Waals surface area contributed by atoms with Gasteiger partial charge in [-0.05, 0) is 37.6 Å². The number of aromatic nitrogens is 1. The van der Waals surface area contributed by atoms with E-state index in [2.05, 4.69) is 4.99 Å². The highest BCUT2D eigenvalue weighted by molar-refractivity contribution is 7.07. The number of carbonyl (C=O) groups excluding carboxylic acids is 1. The number of ether oxygens (including phenoxy) is 4. The summed E-state index contributed by atoms with van der Waals surface area (Å²) in [5, 5.41) is 0.421. The van der Waals surface area contributed by atoms with Crippen LogP contribution in [0.1, 0.15) is 31.0 Å². The zero-order valence-electron chi connectivity index (χ0n) is 19.2. The van der Waals surface area contributed by atoms with Crippen LogP contribution in [0.3, 0.4) is 0 Å². The van der Waals surface area contributed by atoms with Crippen LogP contribution in [-0.4, -0.2) is 31.0 Å². The van der Waals surface area contributed by atoms with Crippen molar-refractivity contribution in [2.75, 3.05) is 20.5 Å². The van der Waals surface area contributed by atoms with Crippen molar-refractivity contribution >= 4 is 35.0 Å². The second-order valence-electron chi connectivity index (χ2n) is 7.77. The van der Waals surface area contributed by atoms with Crippen LogP contribution in [0.2, 0.25) is 5.02 Å². The van der Waals surface area contributed by atoms with Gasteiger partial charge in [0.25, 0.3) is 5.56 Å². The van der Waals surface area contributed by atoms with Crippen molar-refractivity contribution in [3.63, 3.8) is 0 Å². The summed E-state index contributed by atoms with van der Waals surface area (Å²) in [5.41, 5.74) is 1.72. The lowest BCUT2D eigenvalue weighted by atomic mass is 9.95. The molecular formula is C25H21ClN2O6S. The molecule has 0 bridgehead atoms. The molecule has 35 heavy (non-hydrogen) atoms. The van der Waals surface area contributed by atoms with E-state index < -0.39 is 12.0 Å². The van der Waals surface area contributed by atoms with Gasteiger partial charge in [-0.2, -0.15) is 0 Å². The van der Waals surface area contributed by atoms with Gasteiger partial charge in [-0.25, -0.2) is 9.79 Å². The third kappa shape index (κ3) is 4.00. The van der Waals surface area contributed by atoms with Crippen molar-refractivity contribution in [3.05, 3.63) is 83.5 Å². The van der Waals surface area contributed by atoms with Crippen LogP contribution in [0.25, 0.3) is 6.08 Å². The Morgan fingerprint density at radius 3 is 2.77 bits per heavy atom. The number of hydrogen-bond donors (Lipinski definition) is 0. The molecule has 1 atom stereocenters. The number of nitrogens with zero attached hydrogens (tertiary/aromatic N) is 2. The van der Waals surface area contributed by atoms with Gasteiger partial charge in [-0.3, -0.25) is 9.36 Å². The molecule has 2 aliphatic heterocycles. The third-order valence-corrected chi connectivity index (χ3v) is 7.04. The molecule has 0 amide bonds. The van der Waals surface area contributed by atoms with Crippen LogP contribution in [0, 0.1) is 0 Å². The minimum atomic E-state index is -0.768. The fraction of sp³-hybridized carbons (Fsp3) is 0.240. The Labute approximate surface area is 209 Å². The van der Waals surface area contributed by atoms with Crippen LogP contribution >= 0.6 is 22.9 Å². The summed E-state index contributed by atoms with van der Waals surface area (Å²) < 4.78 is 23.6. The predicted octanol–water partition coefficient (Wildman–Crippen LogP) is 3.19. The van der Waals surface area contributed by atoms with Crippen LogP contribution in [0.15, 0.2) is 57.5 Å². The van der Waals surface area contributed by atoms with Crippen LogP contribution in [0.4, 0.5) is 0 Å². The summed E-state index contributed by atoms with van der Waals surface area (Å²) in [6, 6.07) is 9.90. The van der Waals surface area contributed by atoms with Gasteiger partial charge >= 0.3 is 5.97 Å². The average Bonchev–Trinajstić information content (AvgIpc) is 3.42. The van der Waals surface area contributed by atoms with Crippen molar-refractivity contribution in [2.24, 2.45) is 4.99 Å². The minimum absolute atomic E-state index is 0.117. The SMILES string of the molecule is CCOC(=O)C1=C(C)N=c2s/c(=C\c3cc4c(cc3Cl)OCO4)c(=O)n2C1c1ccccc1OC. The molecule has 3 heterocycles. The maximum absolute atomic E-state index is 13.7. The van der Waals surface area contributed by atoms with E-state index >= 15 is 0 Å². The fourth-order valence-corrected chi connectivity index (χ4v) is 5.41. The number of methoxy groups -OCH3 is 1. The monoisotopic (exact) mass is 512 g/mol. The number of para-hydroxylation sites is 1. The van der Waals surface area contributed by atoms with Crippen molar-refractivity contribution in [2.45, 2.75) is 19.9 Å². The zero-order valence-corrected chi connectivity index (χ0v) is 20.7. The quantitative estimate of drug-likeness (QED) is 0.488. The van der Waals surface area contributed by atoms with Gasteiger partial charge in [0.05, 0.1) is 34.5 Å². The van der Waals surface area contributed by atoms with E-state index in [1.54, 1.807) is 45.2 Å². The Balaban J connectivity index is 1.74. The molecule has 8 nitrogen and oxygen atoms in total. The normalized spacial score (nSPS) is 16.7. The Bertz CT molecular complexity index is 1550. The van der Waals surface area contributed by atoms with Crippen LogP contribution < -0.4 is 29.1 Å². The van der Waals surface area contributed by atoms with E-state index in [1.165, 1.54) is 15.9 Å². The van der Waals surface area contributed by atoms with Crippen molar-refractivity contribution in [3.8, 4) is 17.2 Å². The lowest BCUT2D eigenvalue weighted by molar-refractivity contribution is -0.139. The Kier molecular flexibility index (Phi) is 6.12. The first-order valence-corrected chi connectivity index (χ1v) is 12.0. The molecular weight excluding hydrogens is 492 g/mol. The maximum atomic E-state index is 13.7. The molecule has 3 aromatic rings. The average molecular weight is 513 g/mol. The molecule has 1 unspecified atom stereocenters. The standard InChI is InChI=1S/C25H21ClN2O6S/c1-4-32-24(30)21-13(2)27-25-28(22(21)15-7-5-6-8-17(15)31-3)23(29)20(35-25)10-14-9-18-19(11-16(14)26)34-12-33-18/h5-11,22H,4,12H2,1-3H3/b20-10-. The van der Waals surface area contributed by atoms with E-state index in [-0.39, 0.29) is 24.5 Å². The molecule has 2 aromatic carbocycles. The fourth-order valence-electron chi connectivity index (χ4n) is 4.16. The van der Waals surface area contributed by atoms with E-state index in [0.29, 0.717) is 48.4 Å². The van der Waals surface area contributed by atoms with Crippen LogP contribution in [0.5, 0.6) is 17.2 Å². The first-order valence-electron chi connectivity index (χ1n) is 10.8. The molecule has 0 saturated heterocycles. The van der Waals surface area contributed by atoms with Crippen molar-refractivity contribution in [1.29, 1.82) is 0 Å². The Morgan fingerprint density at radius 2 is 2.03 bits per heavy atom. The molecule has 2 aliphatic rings. The minimum Gasteiger partial charge on any atom is -0.496 e. The van der Waals surface area contributed by atoms with Crippen molar-refractivity contribution in [1.82, 2.24) is 4.57 Å². The maximum Gasteiger partial charge on any atom is 0.338 e. The summed E-state index contributed by atoms with van der Waals surface area (Å²) in [4.78, 5) is 31.8. The number of carbonyl (C=O) groups is 1. The number of thiazole rings is 1. The highest BCUT2D eigenvalue weighted by Crippen LogP contribution is 2.37. The summed E-state index contributed by atoms with van der Waals surface area (Å²) in [6.07, 6.45) is 1.69. The van der Waals surface area contributed by atoms with E-state index in [4.69, 9.17) is 30.5 Å². The summed E-state index contributed by atoms with van der Waals surface area (Å²) >= 11 is 7.66. The smallest absolute Gasteiger partial charge is 0.338 e. The molecule has 0 radical (unpaired) electrons. The number of halogens is 1. The summed E-state index contributed by atoms with van der Waals surface area (Å²) in [6.45, 7) is 3.78. The van der Waals surface area contributed by atoms with Crippen molar-refractivity contribution < 1.29 is 23.7 Å². The summed E-state index contributed by atoms with van der Waals surface area (Å²) in [7, 11) is 1.55. The molecule has 0 aliphatic carbocycles. The molecule has 0 spiro atoms. The van der Waals surface area contributed by atoms with E-state index in [1.807, 2.05) is 18.2 Å². The zero-order chi connectivity index (χ0) is 24.7.